The highest BCUT2D eigenvalue weighted by molar-refractivity contribution is 7.80. The summed E-state index contributed by atoms with van der Waals surface area (Å²) in [5, 5.41) is 3.74. The van der Waals surface area contributed by atoms with Gasteiger partial charge in [0.1, 0.15) is 10.6 Å². The Morgan fingerprint density at radius 3 is 2.34 bits per heavy atom. The minimum Gasteiger partial charge on any atom is -0.300 e. The lowest BCUT2D eigenvalue weighted by Gasteiger charge is -2.34. The molecule has 2 amide bonds. The van der Waals surface area contributed by atoms with Crippen LogP contribution in [0.2, 0.25) is 0 Å². The molecule has 5 nitrogen and oxygen atoms in total. The van der Waals surface area contributed by atoms with E-state index >= 15 is 0 Å². The molecule has 0 radical (unpaired) electrons. The third-order valence-electron chi connectivity index (χ3n) is 7.72. The van der Waals surface area contributed by atoms with Gasteiger partial charge < -0.3 is 4.57 Å². The smallest absolute Gasteiger partial charge is 0.270 e. The van der Waals surface area contributed by atoms with E-state index in [1.807, 2.05) is 30.3 Å². The first-order chi connectivity index (χ1) is 18.3. The van der Waals surface area contributed by atoms with Crippen molar-refractivity contribution in [3.63, 3.8) is 0 Å². The number of fused-ring (bicyclic) bond motifs is 5. The molecule has 1 saturated heterocycles. The van der Waals surface area contributed by atoms with Crippen LogP contribution in [0.1, 0.15) is 29.9 Å². The van der Waals surface area contributed by atoms with Crippen LogP contribution in [0.3, 0.4) is 0 Å². The topological polar surface area (TPSA) is 45.6 Å². The normalized spacial score (nSPS) is 17.7. The summed E-state index contributed by atoms with van der Waals surface area (Å²) >= 11 is 7.10. The van der Waals surface area contributed by atoms with Gasteiger partial charge >= 0.3 is 0 Å². The number of thiocarbonyl (C=S) groups is 1. The second-order valence-corrected chi connectivity index (χ2v) is 11.7. The summed E-state index contributed by atoms with van der Waals surface area (Å²) in [4.78, 5) is 30.6. The van der Waals surface area contributed by atoms with E-state index in [0.29, 0.717) is 5.69 Å². The molecule has 5 aromatic rings. The first kappa shape index (κ1) is 23.1. The van der Waals surface area contributed by atoms with Crippen molar-refractivity contribution in [2.75, 3.05) is 11.9 Å². The van der Waals surface area contributed by atoms with Crippen molar-refractivity contribution in [3.8, 4) is 5.00 Å². The highest BCUT2D eigenvalue weighted by atomic mass is 32.1. The Labute approximate surface area is 229 Å². The number of carbonyl (C=O) groups excluding carboxylic acids is 2. The number of nitrogens with zero attached hydrogens (tertiary/aromatic N) is 3. The van der Waals surface area contributed by atoms with E-state index in [0.717, 1.165) is 15.4 Å². The Morgan fingerprint density at radius 1 is 0.842 bits per heavy atom. The van der Waals surface area contributed by atoms with E-state index in [-0.39, 0.29) is 16.1 Å². The van der Waals surface area contributed by atoms with Gasteiger partial charge in [0.25, 0.3) is 11.8 Å². The molecule has 38 heavy (non-hydrogen) atoms. The maximum Gasteiger partial charge on any atom is 0.270 e. The third kappa shape index (κ3) is 3.00. The lowest BCUT2D eigenvalue weighted by molar-refractivity contribution is -0.127. The molecule has 0 saturated carbocycles. The molecule has 0 aliphatic carbocycles. The Morgan fingerprint density at radius 2 is 1.55 bits per heavy atom. The van der Waals surface area contributed by atoms with Crippen LogP contribution in [-0.4, -0.2) is 33.4 Å². The van der Waals surface area contributed by atoms with Crippen LogP contribution >= 0.6 is 23.6 Å². The van der Waals surface area contributed by atoms with Crippen molar-refractivity contribution in [3.05, 3.63) is 100 Å². The molecule has 7 rings (SSSR count). The van der Waals surface area contributed by atoms with Gasteiger partial charge in [0.15, 0.2) is 5.11 Å². The SMILES string of the molecule is CN1C(=O)/C(=C\c2cc3c(s2)-n2c4ccccc4c4cccc(c42)C3(C)C)C(=O)N(c2ccccc2)C1=S. The number of benzene rings is 3. The van der Waals surface area contributed by atoms with Gasteiger partial charge in [-0.2, -0.15) is 0 Å². The number of aromatic nitrogens is 1. The molecule has 0 atom stereocenters. The average molecular weight is 534 g/mol. The molecule has 3 aromatic carbocycles. The van der Waals surface area contributed by atoms with Gasteiger partial charge in [0, 0.05) is 28.1 Å². The molecule has 1 fully saturated rings. The fourth-order valence-electron chi connectivity index (χ4n) is 5.75. The second kappa shape index (κ2) is 7.96. The molecular formula is C31H23N3O2S2. The number of hydrogen-bond donors (Lipinski definition) is 0. The third-order valence-corrected chi connectivity index (χ3v) is 9.25. The number of anilines is 1. The summed E-state index contributed by atoms with van der Waals surface area (Å²) < 4.78 is 2.34. The minimum absolute atomic E-state index is 0.0985. The van der Waals surface area contributed by atoms with Gasteiger partial charge in [-0.25, -0.2) is 0 Å². The van der Waals surface area contributed by atoms with E-state index in [2.05, 4.69) is 66.9 Å². The molecule has 4 heterocycles. The van der Waals surface area contributed by atoms with Crippen LogP contribution in [-0.2, 0) is 15.0 Å². The van der Waals surface area contributed by atoms with E-state index in [1.165, 1.54) is 37.2 Å². The monoisotopic (exact) mass is 533 g/mol. The summed E-state index contributed by atoms with van der Waals surface area (Å²) in [5.74, 6) is -0.804. The van der Waals surface area contributed by atoms with E-state index in [9.17, 15) is 9.59 Å². The van der Waals surface area contributed by atoms with Crippen molar-refractivity contribution >= 4 is 74.1 Å². The van der Waals surface area contributed by atoms with Gasteiger partial charge in [-0.05, 0) is 53.7 Å². The lowest BCUT2D eigenvalue weighted by atomic mass is 9.76. The van der Waals surface area contributed by atoms with Crippen LogP contribution in [0.15, 0.2) is 84.4 Å². The minimum atomic E-state index is -0.410. The molecule has 2 aliphatic rings. The van der Waals surface area contributed by atoms with Crippen LogP contribution in [0.5, 0.6) is 0 Å². The predicted octanol–water partition coefficient (Wildman–Crippen LogP) is 6.66. The standard InChI is InChI=1S/C31H23N3O2S2/c1-31(2)23-14-9-13-21-20-12-7-8-15-25(20)34(26(21)23)29-24(31)17-19(38-29)16-22-27(35)32(3)30(37)33(28(22)36)18-10-5-4-6-11-18/h4-17H,1-3H3/b22-16+. The summed E-state index contributed by atoms with van der Waals surface area (Å²) in [6.07, 6.45) is 1.73. The maximum atomic E-state index is 13.7. The van der Waals surface area contributed by atoms with Crippen LogP contribution in [0.4, 0.5) is 5.69 Å². The average Bonchev–Trinajstić information content (AvgIpc) is 3.50. The van der Waals surface area contributed by atoms with E-state index < -0.39 is 11.8 Å². The van der Waals surface area contributed by atoms with Gasteiger partial charge in [-0.15, -0.1) is 11.3 Å². The zero-order valence-corrected chi connectivity index (χ0v) is 22.7. The van der Waals surface area contributed by atoms with Crippen LogP contribution in [0.25, 0.3) is 32.9 Å². The number of para-hydroxylation sites is 3. The Kier molecular flexibility index (Phi) is 4.84. The summed E-state index contributed by atoms with van der Waals surface area (Å²) in [6, 6.07) is 26.3. The summed E-state index contributed by atoms with van der Waals surface area (Å²) in [7, 11) is 1.61. The Bertz CT molecular complexity index is 1880. The molecule has 7 heteroatoms. The predicted molar refractivity (Wildman–Crippen MR) is 158 cm³/mol. The highest BCUT2D eigenvalue weighted by Crippen LogP contribution is 2.50. The van der Waals surface area contributed by atoms with Crippen LogP contribution in [0, 0.1) is 0 Å². The lowest BCUT2D eigenvalue weighted by Crippen LogP contribution is -2.54. The first-order valence-electron chi connectivity index (χ1n) is 12.4. The number of likely N-dealkylation sites (N-methyl/N-ethyl adjacent to an activating group) is 1. The van der Waals surface area contributed by atoms with E-state index in [1.54, 1.807) is 24.5 Å². The number of rotatable bonds is 2. The van der Waals surface area contributed by atoms with Crippen molar-refractivity contribution in [2.24, 2.45) is 0 Å². The fourth-order valence-corrected chi connectivity index (χ4v) is 7.30. The van der Waals surface area contributed by atoms with Crippen molar-refractivity contribution < 1.29 is 9.59 Å². The molecule has 2 aliphatic heterocycles. The molecule has 0 N–H and O–H groups in total. The van der Waals surface area contributed by atoms with Gasteiger partial charge in [0.2, 0.25) is 0 Å². The Balaban J connectivity index is 1.43. The van der Waals surface area contributed by atoms with Crippen molar-refractivity contribution in [1.29, 1.82) is 0 Å². The zero-order valence-electron chi connectivity index (χ0n) is 21.1. The largest absolute Gasteiger partial charge is 0.300 e. The molecule has 0 bridgehead atoms. The summed E-state index contributed by atoms with van der Waals surface area (Å²) in [6.45, 7) is 4.48. The van der Waals surface area contributed by atoms with Crippen molar-refractivity contribution in [1.82, 2.24) is 9.47 Å². The fraction of sp³-hybridized carbons (Fsp3) is 0.129. The molecule has 186 valence electrons. The maximum absolute atomic E-state index is 13.7. The highest BCUT2D eigenvalue weighted by Gasteiger charge is 2.40. The quantitative estimate of drug-likeness (QED) is 0.145. The van der Waals surface area contributed by atoms with Gasteiger partial charge in [0.05, 0.1) is 16.7 Å². The molecule has 2 aromatic heterocycles. The zero-order chi connectivity index (χ0) is 26.3. The number of thiophene rings is 1. The van der Waals surface area contributed by atoms with Crippen molar-refractivity contribution in [2.45, 2.75) is 19.3 Å². The molecular weight excluding hydrogens is 510 g/mol. The number of amides is 2. The van der Waals surface area contributed by atoms with Crippen LogP contribution < -0.4 is 4.90 Å². The van der Waals surface area contributed by atoms with Gasteiger partial charge in [-0.1, -0.05) is 68.4 Å². The molecule has 0 spiro atoms. The van der Waals surface area contributed by atoms with Gasteiger partial charge in [-0.3, -0.25) is 19.4 Å². The first-order valence-corrected chi connectivity index (χ1v) is 13.6. The number of hydrogen-bond acceptors (Lipinski definition) is 4. The molecule has 0 unspecified atom stereocenters. The number of carbonyl (C=O) groups is 2. The Hall–Kier alpha value is -4.07. The van der Waals surface area contributed by atoms with E-state index in [4.69, 9.17) is 12.2 Å². The second-order valence-electron chi connectivity index (χ2n) is 10.2. The summed E-state index contributed by atoms with van der Waals surface area (Å²) in [5.41, 5.74) is 5.30.